The molecule has 1 heterocycles. The fraction of sp³-hybridized carbons (Fsp3) is 0.417. The van der Waals surface area contributed by atoms with Gasteiger partial charge in [0.2, 0.25) is 0 Å². The Kier molecular flexibility index (Phi) is 1.75. The zero-order chi connectivity index (χ0) is 10.4. The average molecular weight is 203 g/mol. The summed E-state index contributed by atoms with van der Waals surface area (Å²) in [5.41, 5.74) is 2.24. The molecular weight excluding hydrogens is 190 g/mol. The van der Waals surface area contributed by atoms with Gasteiger partial charge in [-0.1, -0.05) is 6.07 Å². The minimum Gasteiger partial charge on any atom is -0.482 e. The van der Waals surface area contributed by atoms with Gasteiger partial charge in [0.15, 0.2) is 6.61 Å². The van der Waals surface area contributed by atoms with Crippen LogP contribution in [-0.2, 0) is 4.79 Å². The predicted octanol–water partition coefficient (Wildman–Crippen LogP) is 1.92. The maximum Gasteiger partial charge on any atom is 0.264 e. The molecule has 2 aliphatic rings. The van der Waals surface area contributed by atoms with E-state index >= 15 is 0 Å². The van der Waals surface area contributed by atoms with E-state index < -0.39 is 0 Å². The van der Waals surface area contributed by atoms with Crippen LogP contribution in [0.5, 0.6) is 5.75 Å². The van der Waals surface area contributed by atoms with Crippen molar-refractivity contribution >= 4 is 11.6 Å². The van der Waals surface area contributed by atoms with E-state index in [-0.39, 0.29) is 12.5 Å². The average Bonchev–Trinajstić information content (AvgIpc) is 3.07. The highest BCUT2D eigenvalue weighted by molar-refractivity contribution is 5.97. The van der Waals surface area contributed by atoms with E-state index in [1.54, 1.807) is 11.9 Å². The topological polar surface area (TPSA) is 29.5 Å². The molecule has 1 fully saturated rings. The van der Waals surface area contributed by atoms with E-state index in [2.05, 4.69) is 12.1 Å². The van der Waals surface area contributed by atoms with Crippen LogP contribution in [0, 0.1) is 0 Å². The summed E-state index contributed by atoms with van der Waals surface area (Å²) in [6.07, 6.45) is 2.55. The van der Waals surface area contributed by atoms with Gasteiger partial charge in [0, 0.05) is 7.05 Å². The first kappa shape index (κ1) is 8.77. The Balaban J connectivity index is 2.04. The van der Waals surface area contributed by atoms with Crippen LogP contribution in [0.1, 0.15) is 24.3 Å². The van der Waals surface area contributed by atoms with Crippen molar-refractivity contribution in [2.75, 3.05) is 18.6 Å². The highest BCUT2D eigenvalue weighted by Crippen LogP contribution is 2.43. The van der Waals surface area contributed by atoms with Crippen LogP contribution < -0.4 is 9.64 Å². The third-order valence-corrected chi connectivity index (χ3v) is 3.12. The first-order valence-corrected chi connectivity index (χ1v) is 5.29. The Morgan fingerprint density at radius 1 is 1.40 bits per heavy atom. The highest BCUT2D eigenvalue weighted by atomic mass is 16.5. The largest absolute Gasteiger partial charge is 0.482 e. The molecule has 3 heteroatoms. The Labute approximate surface area is 88.6 Å². The second kappa shape index (κ2) is 2.99. The molecule has 1 saturated carbocycles. The molecule has 1 aromatic rings. The normalized spacial score (nSPS) is 19.8. The van der Waals surface area contributed by atoms with Gasteiger partial charge in [-0.25, -0.2) is 0 Å². The summed E-state index contributed by atoms with van der Waals surface area (Å²) in [6, 6.07) is 6.18. The minimum absolute atomic E-state index is 0.0236. The molecule has 0 atom stereocenters. The lowest BCUT2D eigenvalue weighted by Gasteiger charge is -2.26. The number of rotatable bonds is 1. The van der Waals surface area contributed by atoms with Crippen molar-refractivity contribution in [1.82, 2.24) is 0 Å². The monoisotopic (exact) mass is 203 g/mol. The fourth-order valence-electron chi connectivity index (χ4n) is 1.96. The molecule has 0 aromatic heterocycles. The van der Waals surface area contributed by atoms with E-state index in [0.717, 1.165) is 11.4 Å². The number of benzene rings is 1. The number of carbonyl (C=O) groups is 1. The molecule has 0 N–H and O–H groups in total. The molecule has 0 radical (unpaired) electrons. The maximum atomic E-state index is 11.5. The predicted molar refractivity (Wildman–Crippen MR) is 57.3 cm³/mol. The molecule has 78 valence electrons. The molecule has 15 heavy (non-hydrogen) atoms. The number of carbonyl (C=O) groups excluding carboxylic acids is 1. The van der Waals surface area contributed by atoms with Crippen molar-refractivity contribution in [3.05, 3.63) is 23.8 Å². The standard InChI is InChI=1S/C12H13NO2/c1-13-10-6-9(8-2-3-8)4-5-11(10)15-7-12(13)14/h4-6,8H,2-3,7H2,1H3. The van der Waals surface area contributed by atoms with Crippen LogP contribution in [0.15, 0.2) is 18.2 Å². The second-order valence-electron chi connectivity index (χ2n) is 4.24. The van der Waals surface area contributed by atoms with E-state index in [1.807, 2.05) is 6.07 Å². The molecule has 3 rings (SSSR count). The van der Waals surface area contributed by atoms with Gasteiger partial charge < -0.3 is 9.64 Å². The van der Waals surface area contributed by atoms with Gasteiger partial charge in [-0.2, -0.15) is 0 Å². The molecule has 0 saturated heterocycles. The zero-order valence-corrected chi connectivity index (χ0v) is 8.69. The fourth-order valence-corrected chi connectivity index (χ4v) is 1.96. The van der Waals surface area contributed by atoms with Gasteiger partial charge >= 0.3 is 0 Å². The Bertz CT molecular complexity index is 424. The molecule has 3 nitrogen and oxygen atoms in total. The lowest BCUT2D eigenvalue weighted by atomic mass is 10.1. The number of nitrogens with zero attached hydrogens (tertiary/aromatic N) is 1. The Morgan fingerprint density at radius 3 is 2.93 bits per heavy atom. The SMILES string of the molecule is CN1C(=O)COc2ccc(C3CC3)cc21. The van der Waals surface area contributed by atoms with E-state index in [0.29, 0.717) is 5.92 Å². The summed E-state index contributed by atoms with van der Waals surface area (Å²) in [6.45, 7) is 0.159. The molecular formula is C12H13NO2. The van der Waals surface area contributed by atoms with E-state index in [4.69, 9.17) is 4.74 Å². The number of ether oxygens (including phenoxy) is 1. The number of fused-ring (bicyclic) bond motifs is 1. The highest BCUT2D eigenvalue weighted by Gasteiger charge is 2.27. The van der Waals surface area contributed by atoms with Gasteiger partial charge in [0.25, 0.3) is 5.91 Å². The number of anilines is 1. The summed E-state index contributed by atoms with van der Waals surface area (Å²) in [5.74, 6) is 1.55. The summed E-state index contributed by atoms with van der Waals surface area (Å²) >= 11 is 0. The van der Waals surface area contributed by atoms with Crippen molar-refractivity contribution in [2.24, 2.45) is 0 Å². The van der Waals surface area contributed by atoms with Gasteiger partial charge in [-0.15, -0.1) is 0 Å². The molecule has 0 bridgehead atoms. The van der Waals surface area contributed by atoms with Crippen molar-refractivity contribution in [1.29, 1.82) is 0 Å². The van der Waals surface area contributed by atoms with Crippen LogP contribution >= 0.6 is 0 Å². The van der Waals surface area contributed by atoms with Gasteiger partial charge in [0.1, 0.15) is 5.75 Å². The van der Waals surface area contributed by atoms with E-state index in [1.165, 1.54) is 18.4 Å². The van der Waals surface area contributed by atoms with Crippen LogP contribution in [-0.4, -0.2) is 19.6 Å². The summed E-state index contributed by atoms with van der Waals surface area (Å²) in [4.78, 5) is 13.1. The van der Waals surface area contributed by atoms with Gasteiger partial charge in [-0.3, -0.25) is 4.79 Å². The smallest absolute Gasteiger partial charge is 0.264 e. The van der Waals surface area contributed by atoms with Crippen molar-refractivity contribution in [3.8, 4) is 5.75 Å². The third kappa shape index (κ3) is 1.39. The quantitative estimate of drug-likeness (QED) is 0.697. The zero-order valence-electron chi connectivity index (χ0n) is 8.69. The molecule has 1 aromatic carbocycles. The lowest BCUT2D eigenvalue weighted by molar-refractivity contribution is -0.120. The summed E-state index contributed by atoms with van der Waals surface area (Å²) in [7, 11) is 1.81. The number of likely N-dealkylation sites (N-methyl/N-ethyl adjacent to an activating group) is 1. The first-order chi connectivity index (χ1) is 7.25. The summed E-state index contributed by atoms with van der Waals surface area (Å²) in [5, 5.41) is 0. The lowest BCUT2D eigenvalue weighted by Crippen LogP contribution is -2.35. The Morgan fingerprint density at radius 2 is 2.20 bits per heavy atom. The number of amides is 1. The molecule has 1 aliphatic heterocycles. The van der Waals surface area contributed by atoms with E-state index in [9.17, 15) is 4.79 Å². The van der Waals surface area contributed by atoms with Crippen LogP contribution in [0.25, 0.3) is 0 Å². The minimum atomic E-state index is 0.0236. The van der Waals surface area contributed by atoms with Crippen LogP contribution in [0.4, 0.5) is 5.69 Å². The number of hydrogen-bond donors (Lipinski definition) is 0. The Hall–Kier alpha value is -1.51. The molecule has 1 amide bonds. The van der Waals surface area contributed by atoms with Crippen molar-refractivity contribution in [3.63, 3.8) is 0 Å². The number of hydrogen-bond acceptors (Lipinski definition) is 2. The van der Waals surface area contributed by atoms with Crippen molar-refractivity contribution in [2.45, 2.75) is 18.8 Å². The third-order valence-electron chi connectivity index (χ3n) is 3.12. The summed E-state index contributed by atoms with van der Waals surface area (Å²) < 4.78 is 5.37. The second-order valence-corrected chi connectivity index (χ2v) is 4.24. The maximum absolute atomic E-state index is 11.5. The van der Waals surface area contributed by atoms with Gasteiger partial charge in [0.05, 0.1) is 5.69 Å². The van der Waals surface area contributed by atoms with Gasteiger partial charge in [-0.05, 0) is 36.5 Å². The van der Waals surface area contributed by atoms with Crippen molar-refractivity contribution < 1.29 is 9.53 Å². The molecule has 0 unspecified atom stereocenters. The van der Waals surface area contributed by atoms with Crippen LogP contribution in [0.2, 0.25) is 0 Å². The molecule has 0 spiro atoms. The molecule has 1 aliphatic carbocycles. The van der Waals surface area contributed by atoms with Crippen LogP contribution in [0.3, 0.4) is 0 Å². The first-order valence-electron chi connectivity index (χ1n) is 5.29.